The Morgan fingerprint density at radius 1 is 1.04 bits per heavy atom. The van der Waals surface area contributed by atoms with Crippen LogP contribution in [-0.2, 0) is 28.3 Å². The number of β-amino-alcohol motifs (C(OH)–C–C–N with tert-alkyl or cyclic N) is 1. The van der Waals surface area contributed by atoms with Crippen LogP contribution in [-0.4, -0.2) is 80.5 Å². The number of aliphatic hydroxyl groups is 1. The predicted molar refractivity (Wildman–Crippen MR) is 176 cm³/mol. The van der Waals surface area contributed by atoms with E-state index in [2.05, 4.69) is 55.2 Å². The summed E-state index contributed by atoms with van der Waals surface area (Å²) in [7, 11) is -0.849. The Morgan fingerprint density at radius 3 is 2.18 bits per heavy atom. The summed E-state index contributed by atoms with van der Waals surface area (Å²) < 4.78 is 11.1. The van der Waals surface area contributed by atoms with E-state index in [1.807, 2.05) is 45.0 Å². The zero-order valence-corrected chi connectivity index (χ0v) is 29.5. The molecule has 0 spiro atoms. The molecule has 10 nitrogen and oxygen atoms in total. The van der Waals surface area contributed by atoms with Crippen LogP contribution in [0.25, 0.3) is 0 Å². The van der Waals surface area contributed by atoms with Crippen molar-refractivity contribution in [3.63, 3.8) is 0 Å². The Balaban J connectivity index is 2.25. The first-order valence-electron chi connectivity index (χ1n) is 15.7. The van der Waals surface area contributed by atoms with Crippen LogP contribution in [0, 0.1) is 17.8 Å². The average Bonchev–Trinajstić information content (AvgIpc) is 3.36. The molecule has 0 aliphatic carbocycles. The van der Waals surface area contributed by atoms with E-state index in [0.717, 1.165) is 5.56 Å². The maximum absolute atomic E-state index is 14.0. The number of unbranched alkanes of at least 4 members (excludes halogenated alkanes) is 1. The molecule has 1 aliphatic rings. The third-order valence-corrected chi connectivity index (χ3v) is 13.3. The van der Waals surface area contributed by atoms with Crippen molar-refractivity contribution in [3.8, 4) is 12.3 Å². The van der Waals surface area contributed by atoms with Gasteiger partial charge in [0.05, 0.1) is 25.9 Å². The third kappa shape index (κ3) is 11.0. The molecule has 1 unspecified atom stereocenters. The van der Waals surface area contributed by atoms with E-state index in [1.165, 1.54) is 12.0 Å². The van der Waals surface area contributed by atoms with Crippen LogP contribution in [0.4, 0.5) is 0 Å². The third-order valence-electron chi connectivity index (χ3n) is 8.76. The van der Waals surface area contributed by atoms with Crippen molar-refractivity contribution in [1.82, 2.24) is 15.5 Å². The zero-order valence-electron chi connectivity index (χ0n) is 28.5. The number of likely N-dealkylation sites (tertiary alicyclic amines) is 1. The monoisotopic (exact) mass is 643 g/mol. The summed E-state index contributed by atoms with van der Waals surface area (Å²) in [5.74, 6) is 1.09. The Labute approximate surface area is 270 Å². The van der Waals surface area contributed by atoms with Crippen molar-refractivity contribution in [2.24, 2.45) is 5.41 Å². The highest BCUT2D eigenvalue weighted by Crippen LogP contribution is 2.37. The van der Waals surface area contributed by atoms with E-state index in [0.29, 0.717) is 18.4 Å². The molecule has 3 N–H and O–H groups in total. The van der Waals surface area contributed by atoms with E-state index in [1.54, 1.807) is 0 Å². The summed E-state index contributed by atoms with van der Waals surface area (Å²) in [4.78, 5) is 53.4. The lowest BCUT2D eigenvalue weighted by atomic mass is 9.85. The van der Waals surface area contributed by atoms with Crippen molar-refractivity contribution in [1.29, 1.82) is 0 Å². The number of ether oxygens (including phenoxy) is 1. The van der Waals surface area contributed by atoms with Gasteiger partial charge in [0.15, 0.2) is 8.32 Å². The first-order valence-corrected chi connectivity index (χ1v) is 18.6. The quantitative estimate of drug-likeness (QED) is 0.128. The van der Waals surface area contributed by atoms with Crippen LogP contribution in [0.5, 0.6) is 0 Å². The van der Waals surface area contributed by atoms with Crippen molar-refractivity contribution >= 4 is 32.0 Å². The number of terminal acetylenes is 1. The number of aliphatic hydroxyl groups excluding tert-OH is 1. The van der Waals surface area contributed by atoms with Gasteiger partial charge in [-0.25, -0.2) is 0 Å². The lowest BCUT2D eigenvalue weighted by Crippen LogP contribution is -2.58. The summed E-state index contributed by atoms with van der Waals surface area (Å²) in [6.45, 7) is 16.4. The number of carbonyl (C=O) groups excluding carboxylic acids is 4. The molecule has 0 aromatic heterocycles. The van der Waals surface area contributed by atoms with Gasteiger partial charge in [-0.15, -0.1) is 6.42 Å². The zero-order chi connectivity index (χ0) is 34.2. The number of nitrogens with zero attached hydrogens (tertiary/aromatic N) is 1. The van der Waals surface area contributed by atoms with Crippen LogP contribution >= 0.6 is 0 Å². The van der Waals surface area contributed by atoms with Crippen LogP contribution in [0.2, 0.25) is 18.1 Å². The molecule has 4 atom stereocenters. The van der Waals surface area contributed by atoms with Crippen LogP contribution in [0.15, 0.2) is 24.3 Å². The highest BCUT2D eigenvalue weighted by Gasteiger charge is 2.45. The maximum Gasteiger partial charge on any atom is 0.305 e. The number of methoxy groups -OCH3 is 1. The van der Waals surface area contributed by atoms with Gasteiger partial charge in [0.1, 0.15) is 12.1 Å². The molecule has 1 fully saturated rings. The Morgan fingerprint density at radius 2 is 1.64 bits per heavy atom. The molecule has 1 heterocycles. The number of hydrogen-bond donors (Lipinski definition) is 3. The smallest absolute Gasteiger partial charge is 0.305 e. The van der Waals surface area contributed by atoms with Crippen molar-refractivity contribution in [2.45, 2.75) is 116 Å². The van der Waals surface area contributed by atoms with Crippen molar-refractivity contribution < 1.29 is 33.4 Å². The standard InChI is InChI=1S/C34H53N3O7Si/c1-11-23-16-18-24(19-17-23)26(22-44-45(9,10)34(5,6)7)35-31(41)27-20-25(38)21-37(27)32(42)30(33(2,3)4)36-28(39)14-12-13-15-29(40)43-8/h1,16-19,25-27,30,38H,12-15,20-22H2,2-10H3,(H,35,41)(H,36,39)/t25-,26+,27+,30?/m1/s1. The molecule has 250 valence electrons. The summed E-state index contributed by atoms with van der Waals surface area (Å²) in [6, 6.07) is 4.95. The number of amides is 3. The highest BCUT2D eigenvalue weighted by atomic mass is 28.4. The number of hydrogen-bond acceptors (Lipinski definition) is 7. The molecule has 3 amide bonds. The lowest BCUT2D eigenvalue weighted by Gasteiger charge is -2.38. The molecule has 1 aromatic rings. The topological polar surface area (TPSA) is 134 Å². The molecule has 0 bridgehead atoms. The molecule has 0 radical (unpaired) electrons. The fraction of sp³-hybridized carbons (Fsp3) is 0.647. The largest absolute Gasteiger partial charge is 0.469 e. The molecule has 0 saturated carbocycles. The first kappa shape index (κ1) is 38.0. The molecule has 45 heavy (non-hydrogen) atoms. The molecule has 1 aliphatic heterocycles. The second-order valence-corrected chi connectivity index (χ2v) is 19.3. The van der Waals surface area contributed by atoms with Gasteiger partial charge in [0, 0.05) is 31.4 Å². The minimum absolute atomic E-state index is 0.0273. The van der Waals surface area contributed by atoms with Gasteiger partial charge in [0.2, 0.25) is 17.7 Å². The summed E-state index contributed by atoms with van der Waals surface area (Å²) in [5, 5.41) is 16.5. The Bertz CT molecular complexity index is 1230. The average molecular weight is 644 g/mol. The second kappa shape index (κ2) is 15.9. The normalized spacial score (nSPS) is 18.5. The second-order valence-electron chi connectivity index (χ2n) is 14.4. The van der Waals surface area contributed by atoms with Gasteiger partial charge < -0.3 is 29.8 Å². The number of rotatable bonds is 13. The van der Waals surface area contributed by atoms with E-state index in [4.69, 9.17) is 10.8 Å². The van der Waals surface area contributed by atoms with E-state index in [9.17, 15) is 24.3 Å². The van der Waals surface area contributed by atoms with Crippen molar-refractivity contribution in [3.05, 3.63) is 35.4 Å². The Kier molecular flexibility index (Phi) is 13.4. The Hall–Kier alpha value is -3.20. The number of benzene rings is 1. The number of esters is 1. The van der Waals surface area contributed by atoms with Gasteiger partial charge in [-0.1, -0.05) is 59.6 Å². The number of carbonyl (C=O) groups is 4. The fourth-order valence-electron chi connectivity index (χ4n) is 4.82. The molecule has 1 aromatic carbocycles. The first-order chi connectivity index (χ1) is 20.8. The summed E-state index contributed by atoms with van der Waals surface area (Å²) >= 11 is 0. The van der Waals surface area contributed by atoms with Crippen LogP contribution in [0.1, 0.15) is 90.8 Å². The van der Waals surface area contributed by atoms with Crippen LogP contribution < -0.4 is 10.6 Å². The molecule has 2 rings (SSSR count). The van der Waals surface area contributed by atoms with Gasteiger partial charge in [-0.2, -0.15) is 0 Å². The molecule has 11 heteroatoms. The van der Waals surface area contributed by atoms with E-state index >= 15 is 0 Å². The summed E-state index contributed by atoms with van der Waals surface area (Å²) in [6.07, 6.45) is 6.02. The SMILES string of the molecule is C#Cc1ccc([C@H](CO[Si](C)(C)C(C)(C)C)NC(=O)[C@@H]2C[C@@H](O)CN2C(=O)C(NC(=O)CCCCC(=O)OC)C(C)(C)C)cc1. The van der Waals surface area contributed by atoms with Crippen molar-refractivity contribution in [2.75, 3.05) is 20.3 Å². The maximum atomic E-state index is 14.0. The number of nitrogens with one attached hydrogen (secondary N) is 2. The fourth-order valence-corrected chi connectivity index (χ4v) is 5.84. The minimum atomic E-state index is -2.17. The van der Waals surface area contributed by atoms with Crippen LogP contribution in [0.3, 0.4) is 0 Å². The van der Waals surface area contributed by atoms with Gasteiger partial charge in [-0.05, 0) is 54.1 Å². The van der Waals surface area contributed by atoms with Gasteiger partial charge in [-0.3, -0.25) is 19.2 Å². The van der Waals surface area contributed by atoms with Gasteiger partial charge >= 0.3 is 5.97 Å². The van der Waals surface area contributed by atoms with E-state index in [-0.39, 0.29) is 49.3 Å². The summed E-state index contributed by atoms with van der Waals surface area (Å²) in [5.41, 5.74) is 0.846. The lowest BCUT2D eigenvalue weighted by molar-refractivity contribution is -0.144. The van der Waals surface area contributed by atoms with E-state index < -0.39 is 49.8 Å². The molecular formula is C34H53N3O7Si. The molecular weight excluding hydrogens is 590 g/mol. The van der Waals surface area contributed by atoms with Gasteiger partial charge in [0.25, 0.3) is 0 Å². The minimum Gasteiger partial charge on any atom is -0.469 e. The molecule has 1 saturated heterocycles. The highest BCUT2D eigenvalue weighted by molar-refractivity contribution is 6.74. The predicted octanol–water partition coefficient (Wildman–Crippen LogP) is 4.07.